The van der Waals surface area contributed by atoms with Gasteiger partial charge < -0.3 is 4.57 Å². The largest absolute Gasteiger partial charge is 0.308 e. The molecule has 0 bridgehead atoms. The Morgan fingerprint density at radius 3 is 2.38 bits per heavy atom. The highest BCUT2D eigenvalue weighted by molar-refractivity contribution is 5.94. The summed E-state index contributed by atoms with van der Waals surface area (Å²) in [6.45, 7) is 8.20. The zero-order valence-electron chi connectivity index (χ0n) is 13.1. The van der Waals surface area contributed by atoms with E-state index in [2.05, 4.69) is 26.0 Å². The molecule has 0 saturated heterocycles. The maximum atomic E-state index is 12.5. The summed E-state index contributed by atoms with van der Waals surface area (Å²) >= 11 is 0. The second kappa shape index (κ2) is 6.08. The van der Waals surface area contributed by atoms with Gasteiger partial charge in [-0.05, 0) is 62.1 Å². The van der Waals surface area contributed by atoms with E-state index in [4.69, 9.17) is 0 Å². The molecule has 0 atom stereocenters. The average molecular weight is 283 g/mol. The maximum absolute atomic E-state index is 12.5. The number of hydrogen-bond donors (Lipinski definition) is 0. The van der Waals surface area contributed by atoms with Crippen molar-refractivity contribution < 1.29 is 4.79 Å². The summed E-state index contributed by atoms with van der Waals surface area (Å²) in [6.07, 6.45) is 0.846. The molecule has 2 aromatic rings. The molecular weight excluding hydrogens is 262 g/mol. The van der Waals surface area contributed by atoms with Crippen molar-refractivity contribution in [2.24, 2.45) is 0 Å². The third kappa shape index (κ3) is 2.97. The topological polar surface area (TPSA) is 39.1 Å². The number of rotatable bonds is 4. The van der Waals surface area contributed by atoms with Crippen molar-refractivity contribution in [3.05, 3.63) is 57.4 Å². The van der Waals surface area contributed by atoms with Crippen LogP contribution in [0.1, 0.15) is 41.8 Å². The van der Waals surface area contributed by atoms with Crippen LogP contribution in [0.2, 0.25) is 0 Å². The summed E-state index contributed by atoms with van der Waals surface area (Å²) in [7, 11) is 0. The Bertz CT molecular complexity index is 741. The minimum Gasteiger partial charge on any atom is -0.308 e. The molecule has 3 nitrogen and oxygen atoms in total. The number of aryl methyl sites for hydroxylation is 2. The van der Waals surface area contributed by atoms with E-state index in [0.29, 0.717) is 6.54 Å². The van der Waals surface area contributed by atoms with E-state index in [1.54, 1.807) is 10.6 Å². The average Bonchev–Trinajstić information content (AvgIpc) is 2.44. The molecule has 3 heteroatoms. The molecule has 110 valence electrons. The molecule has 0 aliphatic carbocycles. The van der Waals surface area contributed by atoms with Crippen molar-refractivity contribution in [2.75, 3.05) is 0 Å². The van der Waals surface area contributed by atoms with Crippen molar-refractivity contribution >= 4 is 5.78 Å². The van der Waals surface area contributed by atoms with Gasteiger partial charge in [0.25, 0.3) is 5.56 Å². The van der Waals surface area contributed by atoms with Crippen molar-refractivity contribution in [1.29, 1.82) is 0 Å². The summed E-state index contributed by atoms with van der Waals surface area (Å²) in [5.41, 5.74) is 4.37. The van der Waals surface area contributed by atoms with Gasteiger partial charge in [-0.2, -0.15) is 0 Å². The minimum absolute atomic E-state index is 0.184. The lowest BCUT2D eigenvalue weighted by Gasteiger charge is -2.14. The number of benzene rings is 1. The first kappa shape index (κ1) is 15.2. The monoisotopic (exact) mass is 283 g/mol. The van der Waals surface area contributed by atoms with E-state index in [1.807, 2.05) is 19.1 Å². The predicted molar refractivity (Wildman–Crippen MR) is 85.9 cm³/mol. The number of Topliss-reactive ketones (excluding diaryl/α,β-unsaturated/α-hetero) is 1. The van der Waals surface area contributed by atoms with Crippen LogP contribution in [-0.4, -0.2) is 10.4 Å². The molecule has 1 aromatic carbocycles. The van der Waals surface area contributed by atoms with Crippen molar-refractivity contribution in [1.82, 2.24) is 4.57 Å². The van der Waals surface area contributed by atoms with Gasteiger partial charge in [-0.25, -0.2) is 0 Å². The highest BCUT2D eigenvalue weighted by Crippen LogP contribution is 2.22. The molecule has 21 heavy (non-hydrogen) atoms. The van der Waals surface area contributed by atoms with Crippen LogP contribution in [0.4, 0.5) is 0 Å². The van der Waals surface area contributed by atoms with Gasteiger partial charge in [0.15, 0.2) is 5.78 Å². The molecule has 0 amide bonds. The Kier molecular flexibility index (Phi) is 4.41. The Balaban J connectivity index is 2.68. The standard InChI is InChI=1S/C18H21NO2/c1-5-10-19-17(9-8-16(14(4)20)18(19)21)15-7-6-12(2)13(3)11-15/h6-9,11H,5,10H2,1-4H3. The van der Waals surface area contributed by atoms with Crippen LogP contribution in [0.5, 0.6) is 0 Å². The SMILES string of the molecule is CCCn1c(-c2ccc(C)c(C)c2)ccc(C(C)=O)c1=O. The van der Waals surface area contributed by atoms with Crippen LogP contribution in [0.25, 0.3) is 11.3 Å². The first-order valence-electron chi connectivity index (χ1n) is 7.28. The molecule has 0 spiro atoms. The molecule has 0 fully saturated rings. The van der Waals surface area contributed by atoms with Crippen LogP contribution >= 0.6 is 0 Å². The number of carbonyl (C=O) groups excluding carboxylic acids is 1. The summed E-state index contributed by atoms with van der Waals surface area (Å²) in [5.74, 6) is -0.184. The number of pyridine rings is 1. The molecule has 0 saturated carbocycles. The lowest BCUT2D eigenvalue weighted by molar-refractivity contribution is 0.101. The maximum Gasteiger partial charge on any atom is 0.261 e. The van der Waals surface area contributed by atoms with Crippen molar-refractivity contribution in [3.8, 4) is 11.3 Å². The number of hydrogen-bond acceptors (Lipinski definition) is 2. The predicted octanol–water partition coefficient (Wildman–Crippen LogP) is 3.74. The zero-order valence-corrected chi connectivity index (χ0v) is 13.1. The van der Waals surface area contributed by atoms with E-state index in [1.165, 1.54) is 18.1 Å². The number of aromatic nitrogens is 1. The fraction of sp³-hybridized carbons (Fsp3) is 0.333. The normalized spacial score (nSPS) is 10.7. The second-order valence-corrected chi connectivity index (χ2v) is 5.44. The minimum atomic E-state index is -0.194. The first-order valence-corrected chi connectivity index (χ1v) is 7.28. The third-order valence-electron chi connectivity index (χ3n) is 3.80. The van der Waals surface area contributed by atoms with Gasteiger partial charge in [-0.1, -0.05) is 19.1 Å². The van der Waals surface area contributed by atoms with Crippen LogP contribution < -0.4 is 5.56 Å². The molecule has 0 aliphatic rings. The Labute approximate surface area is 125 Å². The van der Waals surface area contributed by atoms with Gasteiger partial charge in [0.2, 0.25) is 0 Å². The molecule has 0 aliphatic heterocycles. The van der Waals surface area contributed by atoms with Crippen LogP contribution in [0.15, 0.2) is 35.1 Å². The van der Waals surface area contributed by atoms with Crippen molar-refractivity contribution in [3.63, 3.8) is 0 Å². The first-order chi connectivity index (χ1) is 9.95. The lowest BCUT2D eigenvalue weighted by Crippen LogP contribution is -2.26. The third-order valence-corrected chi connectivity index (χ3v) is 3.80. The Morgan fingerprint density at radius 1 is 1.10 bits per heavy atom. The fourth-order valence-corrected chi connectivity index (χ4v) is 2.44. The lowest BCUT2D eigenvalue weighted by atomic mass is 10.0. The number of ketones is 1. The molecule has 2 rings (SSSR count). The van der Waals surface area contributed by atoms with Gasteiger partial charge in [-0.3, -0.25) is 9.59 Å². The van der Waals surface area contributed by atoms with Gasteiger partial charge in [-0.15, -0.1) is 0 Å². The quantitative estimate of drug-likeness (QED) is 0.802. The zero-order chi connectivity index (χ0) is 15.6. The highest BCUT2D eigenvalue weighted by atomic mass is 16.1. The summed E-state index contributed by atoms with van der Waals surface area (Å²) in [6, 6.07) is 9.68. The van der Waals surface area contributed by atoms with E-state index in [9.17, 15) is 9.59 Å². The van der Waals surface area contributed by atoms with E-state index < -0.39 is 0 Å². The Morgan fingerprint density at radius 2 is 1.81 bits per heavy atom. The fourth-order valence-electron chi connectivity index (χ4n) is 2.44. The molecular formula is C18H21NO2. The Hall–Kier alpha value is -2.16. The summed E-state index contributed by atoms with van der Waals surface area (Å²) < 4.78 is 1.71. The molecule has 1 heterocycles. The van der Waals surface area contributed by atoms with E-state index in [0.717, 1.165) is 17.7 Å². The number of nitrogens with zero attached hydrogens (tertiary/aromatic N) is 1. The summed E-state index contributed by atoms with van der Waals surface area (Å²) in [4.78, 5) is 24.0. The van der Waals surface area contributed by atoms with Gasteiger partial charge >= 0.3 is 0 Å². The highest BCUT2D eigenvalue weighted by Gasteiger charge is 2.13. The van der Waals surface area contributed by atoms with Crippen LogP contribution in [-0.2, 0) is 6.54 Å². The van der Waals surface area contributed by atoms with Gasteiger partial charge in [0, 0.05) is 6.54 Å². The molecule has 0 radical (unpaired) electrons. The van der Waals surface area contributed by atoms with Gasteiger partial charge in [0.1, 0.15) is 0 Å². The molecule has 0 unspecified atom stereocenters. The molecule has 0 N–H and O–H groups in total. The van der Waals surface area contributed by atoms with E-state index in [-0.39, 0.29) is 16.9 Å². The summed E-state index contributed by atoms with van der Waals surface area (Å²) in [5, 5.41) is 0. The van der Waals surface area contributed by atoms with Crippen LogP contribution in [0.3, 0.4) is 0 Å². The molecule has 1 aromatic heterocycles. The van der Waals surface area contributed by atoms with Gasteiger partial charge in [0.05, 0.1) is 11.3 Å². The second-order valence-electron chi connectivity index (χ2n) is 5.44. The van der Waals surface area contributed by atoms with E-state index >= 15 is 0 Å². The van der Waals surface area contributed by atoms with Crippen LogP contribution in [0, 0.1) is 13.8 Å². The van der Waals surface area contributed by atoms with Crippen molar-refractivity contribution in [2.45, 2.75) is 40.7 Å². The number of carbonyl (C=O) groups is 1. The smallest absolute Gasteiger partial charge is 0.261 e.